The van der Waals surface area contributed by atoms with Crippen LogP contribution < -0.4 is 20.1 Å². The van der Waals surface area contributed by atoms with Crippen molar-refractivity contribution in [1.82, 2.24) is 5.32 Å². The summed E-state index contributed by atoms with van der Waals surface area (Å²) >= 11 is 0. The Morgan fingerprint density at radius 2 is 1.77 bits per heavy atom. The number of amides is 2. The van der Waals surface area contributed by atoms with E-state index in [0.717, 1.165) is 25.7 Å². The maximum Gasteiger partial charge on any atom is 0.387 e. The molecule has 164 valence electrons. The van der Waals surface area contributed by atoms with Crippen LogP contribution in [0.25, 0.3) is 6.08 Å². The smallest absolute Gasteiger partial charge is 0.387 e. The van der Waals surface area contributed by atoms with E-state index in [1.54, 1.807) is 24.3 Å². The van der Waals surface area contributed by atoms with Crippen LogP contribution in [0.1, 0.15) is 41.6 Å². The van der Waals surface area contributed by atoms with Gasteiger partial charge in [0.2, 0.25) is 5.91 Å². The number of ether oxygens (including phenoxy) is 2. The third-order valence-electron chi connectivity index (χ3n) is 4.94. The number of methoxy groups -OCH3 is 1. The van der Waals surface area contributed by atoms with Crippen molar-refractivity contribution in [3.63, 3.8) is 0 Å². The van der Waals surface area contributed by atoms with Crippen molar-refractivity contribution in [3.8, 4) is 11.5 Å². The highest BCUT2D eigenvalue weighted by atomic mass is 19.3. The Hall–Kier alpha value is -3.42. The molecule has 0 radical (unpaired) electrons. The van der Waals surface area contributed by atoms with Gasteiger partial charge in [-0.25, -0.2) is 0 Å². The summed E-state index contributed by atoms with van der Waals surface area (Å²) in [5, 5.41) is 5.72. The molecule has 2 N–H and O–H groups in total. The molecule has 0 saturated heterocycles. The van der Waals surface area contributed by atoms with Gasteiger partial charge in [-0.1, -0.05) is 18.9 Å². The van der Waals surface area contributed by atoms with Gasteiger partial charge in [-0.15, -0.1) is 0 Å². The molecule has 1 fully saturated rings. The Kier molecular flexibility index (Phi) is 7.59. The topological polar surface area (TPSA) is 76.7 Å². The van der Waals surface area contributed by atoms with E-state index >= 15 is 0 Å². The number of nitrogens with one attached hydrogen (secondary N) is 2. The second-order valence-corrected chi connectivity index (χ2v) is 7.14. The predicted molar refractivity (Wildman–Crippen MR) is 113 cm³/mol. The van der Waals surface area contributed by atoms with Crippen LogP contribution in [0.4, 0.5) is 14.5 Å². The number of hydrogen-bond acceptors (Lipinski definition) is 4. The van der Waals surface area contributed by atoms with Crippen LogP contribution in [0, 0.1) is 0 Å². The van der Waals surface area contributed by atoms with E-state index in [4.69, 9.17) is 4.74 Å². The zero-order chi connectivity index (χ0) is 22.2. The SMILES string of the molecule is COc1cc(/C=C/C(=O)Nc2ccc(C(=O)NC3CCCC3)cc2)ccc1OC(F)F. The van der Waals surface area contributed by atoms with Crippen molar-refractivity contribution < 1.29 is 27.8 Å². The van der Waals surface area contributed by atoms with Gasteiger partial charge in [0.05, 0.1) is 7.11 Å². The lowest BCUT2D eigenvalue weighted by Gasteiger charge is -2.12. The first-order chi connectivity index (χ1) is 14.9. The van der Waals surface area contributed by atoms with Crippen LogP contribution >= 0.6 is 0 Å². The molecule has 2 aromatic rings. The molecule has 3 rings (SSSR count). The fourth-order valence-electron chi connectivity index (χ4n) is 3.38. The number of hydrogen-bond donors (Lipinski definition) is 2. The summed E-state index contributed by atoms with van der Waals surface area (Å²) in [7, 11) is 1.34. The summed E-state index contributed by atoms with van der Waals surface area (Å²) in [6, 6.07) is 11.3. The number of alkyl halides is 2. The van der Waals surface area contributed by atoms with Crippen molar-refractivity contribution in [2.24, 2.45) is 0 Å². The Balaban J connectivity index is 1.56. The highest BCUT2D eigenvalue weighted by Crippen LogP contribution is 2.29. The van der Waals surface area contributed by atoms with E-state index in [1.807, 2.05) is 0 Å². The van der Waals surface area contributed by atoms with Crippen molar-refractivity contribution in [2.75, 3.05) is 12.4 Å². The number of carbonyl (C=O) groups excluding carboxylic acids is 2. The summed E-state index contributed by atoms with van der Waals surface area (Å²) in [4.78, 5) is 24.4. The fourth-order valence-corrected chi connectivity index (χ4v) is 3.38. The maximum absolute atomic E-state index is 12.4. The van der Waals surface area contributed by atoms with Crippen LogP contribution in [0.5, 0.6) is 11.5 Å². The number of rotatable bonds is 8. The lowest BCUT2D eigenvalue weighted by molar-refractivity contribution is -0.111. The first kappa shape index (κ1) is 22.3. The van der Waals surface area contributed by atoms with Crippen LogP contribution in [-0.2, 0) is 4.79 Å². The van der Waals surface area contributed by atoms with Gasteiger partial charge in [0.25, 0.3) is 5.91 Å². The molecule has 1 aliphatic carbocycles. The van der Waals surface area contributed by atoms with Gasteiger partial charge in [-0.2, -0.15) is 8.78 Å². The number of anilines is 1. The number of halogens is 2. The minimum absolute atomic E-state index is 0.0869. The van der Waals surface area contributed by atoms with Crippen LogP contribution in [0.15, 0.2) is 48.5 Å². The first-order valence-corrected chi connectivity index (χ1v) is 9.97. The van der Waals surface area contributed by atoms with Crippen LogP contribution in [-0.4, -0.2) is 31.6 Å². The zero-order valence-electron chi connectivity index (χ0n) is 17.1. The van der Waals surface area contributed by atoms with Gasteiger partial charge >= 0.3 is 6.61 Å². The van der Waals surface area contributed by atoms with Crippen molar-refractivity contribution >= 4 is 23.6 Å². The highest BCUT2D eigenvalue weighted by molar-refractivity contribution is 6.02. The molecular weight excluding hydrogens is 406 g/mol. The monoisotopic (exact) mass is 430 g/mol. The predicted octanol–water partition coefficient (Wildman–Crippen LogP) is 4.62. The van der Waals surface area contributed by atoms with Gasteiger partial charge < -0.3 is 20.1 Å². The third kappa shape index (κ3) is 6.53. The zero-order valence-corrected chi connectivity index (χ0v) is 17.1. The molecule has 0 aliphatic heterocycles. The first-order valence-electron chi connectivity index (χ1n) is 9.97. The van der Waals surface area contributed by atoms with Gasteiger partial charge in [0.15, 0.2) is 11.5 Å². The van der Waals surface area contributed by atoms with E-state index in [9.17, 15) is 18.4 Å². The van der Waals surface area contributed by atoms with E-state index in [-0.39, 0.29) is 29.4 Å². The second kappa shape index (κ2) is 10.6. The maximum atomic E-state index is 12.4. The normalized spacial score (nSPS) is 14.1. The molecule has 0 aromatic heterocycles. The Morgan fingerprint density at radius 3 is 2.42 bits per heavy atom. The highest BCUT2D eigenvalue weighted by Gasteiger charge is 2.17. The molecule has 0 spiro atoms. The molecule has 0 atom stereocenters. The molecule has 0 bridgehead atoms. The van der Waals surface area contributed by atoms with Gasteiger partial charge in [0.1, 0.15) is 0 Å². The average molecular weight is 430 g/mol. The molecule has 31 heavy (non-hydrogen) atoms. The van der Waals surface area contributed by atoms with Crippen molar-refractivity contribution in [3.05, 3.63) is 59.7 Å². The minimum atomic E-state index is -2.96. The lowest BCUT2D eigenvalue weighted by Crippen LogP contribution is -2.32. The summed E-state index contributed by atoms with van der Waals surface area (Å²) in [5.41, 5.74) is 1.66. The van der Waals surface area contributed by atoms with Crippen molar-refractivity contribution in [2.45, 2.75) is 38.3 Å². The minimum Gasteiger partial charge on any atom is -0.493 e. The number of benzene rings is 2. The quantitative estimate of drug-likeness (QED) is 0.599. The van der Waals surface area contributed by atoms with E-state index in [0.29, 0.717) is 16.8 Å². The summed E-state index contributed by atoms with van der Waals surface area (Å²) < 4.78 is 34.2. The number of carbonyl (C=O) groups is 2. The van der Waals surface area contributed by atoms with Crippen molar-refractivity contribution in [1.29, 1.82) is 0 Å². The Morgan fingerprint density at radius 1 is 1.06 bits per heavy atom. The summed E-state index contributed by atoms with van der Waals surface area (Å²) in [6.45, 7) is -2.96. The molecule has 2 aromatic carbocycles. The molecule has 1 aliphatic rings. The van der Waals surface area contributed by atoms with Crippen LogP contribution in [0.3, 0.4) is 0 Å². The average Bonchev–Trinajstić information content (AvgIpc) is 3.26. The van der Waals surface area contributed by atoms with E-state index in [2.05, 4.69) is 15.4 Å². The molecule has 6 nitrogen and oxygen atoms in total. The Bertz CT molecular complexity index is 939. The van der Waals surface area contributed by atoms with E-state index in [1.165, 1.54) is 37.5 Å². The molecule has 8 heteroatoms. The lowest BCUT2D eigenvalue weighted by atomic mass is 10.1. The van der Waals surface area contributed by atoms with Gasteiger partial charge in [-0.3, -0.25) is 9.59 Å². The second-order valence-electron chi connectivity index (χ2n) is 7.14. The van der Waals surface area contributed by atoms with Gasteiger partial charge in [0, 0.05) is 23.4 Å². The fraction of sp³-hybridized carbons (Fsp3) is 0.304. The largest absolute Gasteiger partial charge is 0.493 e. The molecular formula is C23H24F2N2O4. The third-order valence-corrected chi connectivity index (χ3v) is 4.94. The molecule has 0 heterocycles. The molecule has 2 amide bonds. The summed E-state index contributed by atoms with van der Waals surface area (Å²) in [6.07, 6.45) is 7.14. The van der Waals surface area contributed by atoms with E-state index < -0.39 is 6.61 Å². The summed E-state index contributed by atoms with van der Waals surface area (Å²) in [5.74, 6) is -0.446. The Labute approximate surface area is 179 Å². The van der Waals surface area contributed by atoms with Gasteiger partial charge in [-0.05, 0) is 60.9 Å². The molecule has 0 unspecified atom stereocenters. The standard InChI is InChI=1S/C23H24F2N2O4/c1-30-20-14-15(6-12-19(20)31-23(24)25)7-13-21(28)26-18-10-8-16(9-11-18)22(29)27-17-4-2-3-5-17/h6-14,17,23H,2-5H2,1H3,(H,26,28)(H,27,29)/b13-7+. The van der Waals surface area contributed by atoms with Crippen LogP contribution in [0.2, 0.25) is 0 Å². The molecule has 1 saturated carbocycles.